The number of aromatic nitrogens is 2. The summed E-state index contributed by atoms with van der Waals surface area (Å²) in [4.78, 5) is 36.0. The average molecular weight is 722 g/mol. The fourth-order valence-corrected chi connectivity index (χ4v) is 5.93. The number of aryl methyl sites for hydroxylation is 4. The van der Waals surface area contributed by atoms with Crippen molar-refractivity contribution in [3.05, 3.63) is 111 Å². The van der Waals surface area contributed by atoms with Gasteiger partial charge in [0.1, 0.15) is 29.8 Å². The zero-order valence-electron chi connectivity index (χ0n) is 31.3. The van der Waals surface area contributed by atoms with E-state index in [4.69, 9.17) is 14.5 Å². The number of sulfone groups is 1. The van der Waals surface area contributed by atoms with Crippen molar-refractivity contribution in [2.75, 3.05) is 18.6 Å². The first-order valence-corrected chi connectivity index (χ1v) is 19.6. The highest BCUT2D eigenvalue weighted by Crippen LogP contribution is 2.32. The number of hydrogen-bond donors (Lipinski definition) is 1. The van der Waals surface area contributed by atoms with Gasteiger partial charge in [0.05, 0.1) is 17.7 Å². The zero-order valence-corrected chi connectivity index (χ0v) is 32.1. The summed E-state index contributed by atoms with van der Waals surface area (Å²) >= 11 is 0. The van der Waals surface area contributed by atoms with Gasteiger partial charge in [-0.1, -0.05) is 89.6 Å². The molecule has 1 unspecified atom stereocenters. The second-order valence-electron chi connectivity index (χ2n) is 12.3. The van der Waals surface area contributed by atoms with E-state index in [1.54, 1.807) is 51.2 Å². The van der Waals surface area contributed by atoms with E-state index in [2.05, 4.69) is 38.9 Å². The highest BCUT2D eigenvalue weighted by molar-refractivity contribution is 7.90. The maximum atomic E-state index is 14.3. The number of rotatable bonds is 22. The van der Waals surface area contributed by atoms with Crippen molar-refractivity contribution in [3.8, 4) is 5.75 Å². The van der Waals surface area contributed by atoms with Crippen molar-refractivity contribution in [1.29, 1.82) is 0 Å². The monoisotopic (exact) mass is 721 g/mol. The Morgan fingerprint density at radius 1 is 1.08 bits per heavy atom. The molecule has 1 aromatic heterocycles. The van der Waals surface area contributed by atoms with Gasteiger partial charge in [-0.2, -0.15) is 0 Å². The van der Waals surface area contributed by atoms with Crippen LogP contribution in [0.2, 0.25) is 0 Å². The number of aliphatic carboxylic acids is 1. The van der Waals surface area contributed by atoms with Gasteiger partial charge in [-0.05, 0) is 74.8 Å². The molecule has 0 saturated heterocycles. The Bertz CT molecular complexity index is 1810. The van der Waals surface area contributed by atoms with Crippen LogP contribution in [0.4, 0.5) is 0 Å². The largest absolute Gasteiger partial charge is 0.491 e. The predicted octanol–water partition coefficient (Wildman–Crippen LogP) is 7.37. The number of ether oxygens (including phenoxy) is 2. The molecule has 51 heavy (non-hydrogen) atoms. The molecule has 0 radical (unpaired) electrons. The molecule has 278 valence electrons. The predicted molar refractivity (Wildman–Crippen MR) is 207 cm³/mol. The van der Waals surface area contributed by atoms with Gasteiger partial charge in [-0.25, -0.2) is 27.8 Å². The average Bonchev–Trinajstić information content (AvgIpc) is 3.07. The number of nitrogens with zero attached hydrogens (tertiary/aromatic N) is 3. The van der Waals surface area contributed by atoms with Crippen molar-refractivity contribution >= 4 is 27.8 Å². The molecule has 0 aliphatic rings. The zero-order chi connectivity index (χ0) is 38.1. The molecule has 11 heteroatoms. The van der Waals surface area contributed by atoms with E-state index in [0.717, 1.165) is 54.3 Å². The van der Waals surface area contributed by atoms with E-state index >= 15 is 0 Å². The topological polar surface area (TPSA) is 137 Å². The lowest BCUT2D eigenvalue weighted by Crippen LogP contribution is -2.30. The highest BCUT2D eigenvalue weighted by Gasteiger charge is 2.26. The van der Waals surface area contributed by atoms with Gasteiger partial charge in [0.15, 0.2) is 9.84 Å². The first-order valence-electron chi connectivity index (χ1n) is 17.6. The standard InChI is InChI=1S/C40H55N3O7S/c1-10-16-20-31(14-5)38(40(45)46)50-37-32(18-12-3)24-30(25-33(37)19-13-4)26-35-36(21-17-11-2)42-29(8)43(39(35)44)28(7)41-27-34(15-6)49-22-23-51(9,47)48/h10,14-16,20,24-25,27,38H,1,7,11-13,17-19,21-23,26H2,2-6,8-9H3,(H,45,46)/b20-16-,31-14+,34-15+,41-27-. The minimum atomic E-state index is -3.19. The highest BCUT2D eigenvalue weighted by atomic mass is 32.2. The Kier molecular flexibility index (Phi) is 17.6. The molecule has 0 aliphatic carbocycles. The molecule has 0 fully saturated rings. The van der Waals surface area contributed by atoms with E-state index in [-0.39, 0.29) is 23.7 Å². The number of carboxylic acid groups (broad SMARTS) is 1. The molecule has 1 N–H and O–H groups in total. The molecule has 0 amide bonds. The molecule has 1 heterocycles. The molecule has 1 aromatic carbocycles. The lowest BCUT2D eigenvalue weighted by atomic mass is 9.94. The number of unbranched alkanes of at least 4 members (excludes halogenated alkanes) is 1. The van der Waals surface area contributed by atoms with Crippen LogP contribution in [0.3, 0.4) is 0 Å². The van der Waals surface area contributed by atoms with E-state index in [1.807, 2.05) is 12.1 Å². The van der Waals surface area contributed by atoms with Crippen LogP contribution in [0, 0.1) is 6.92 Å². The molecule has 0 saturated carbocycles. The summed E-state index contributed by atoms with van der Waals surface area (Å²) in [5, 5.41) is 10.2. The Labute approximate surface area is 304 Å². The van der Waals surface area contributed by atoms with E-state index in [0.29, 0.717) is 54.2 Å². The van der Waals surface area contributed by atoms with E-state index in [1.165, 1.54) is 10.8 Å². The third kappa shape index (κ3) is 13.0. The fourth-order valence-electron chi connectivity index (χ4n) is 5.54. The molecule has 0 spiro atoms. The van der Waals surface area contributed by atoms with Crippen LogP contribution in [-0.2, 0) is 45.1 Å². The molecule has 0 aliphatic heterocycles. The second kappa shape index (κ2) is 21.0. The summed E-state index contributed by atoms with van der Waals surface area (Å²) in [5.74, 6) is 0.267. The van der Waals surface area contributed by atoms with Crippen molar-refractivity contribution in [1.82, 2.24) is 9.55 Å². The first-order chi connectivity index (χ1) is 24.2. The number of carbonyl (C=O) groups is 1. The summed E-state index contributed by atoms with van der Waals surface area (Å²) in [6.07, 6.45) is 15.3. The summed E-state index contributed by atoms with van der Waals surface area (Å²) in [7, 11) is -3.19. The Balaban J connectivity index is 2.68. The van der Waals surface area contributed by atoms with Crippen LogP contribution < -0.4 is 10.3 Å². The number of allylic oxidation sites excluding steroid dienone is 5. The van der Waals surface area contributed by atoms with Gasteiger partial charge in [0, 0.05) is 18.2 Å². The van der Waals surface area contributed by atoms with Crippen LogP contribution in [0.25, 0.3) is 5.82 Å². The van der Waals surface area contributed by atoms with E-state index in [9.17, 15) is 23.1 Å². The summed E-state index contributed by atoms with van der Waals surface area (Å²) in [6.45, 7) is 19.2. The van der Waals surface area contributed by atoms with E-state index < -0.39 is 21.9 Å². The van der Waals surface area contributed by atoms with Crippen LogP contribution in [0.5, 0.6) is 5.75 Å². The fraction of sp³-hybridized carbons (Fsp3) is 0.450. The Hall–Kier alpha value is -4.51. The smallest absolute Gasteiger partial charge is 0.349 e. The van der Waals surface area contributed by atoms with Crippen LogP contribution in [0.1, 0.15) is 94.1 Å². The first kappa shape index (κ1) is 42.7. The van der Waals surface area contributed by atoms with Gasteiger partial charge in [-0.15, -0.1) is 0 Å². The molecule has 2 aromatic rings. The molecule has 2 rings (SSSR count). The van der Waals surface area contributed by atoms with Crippen molar-refractivity contribution in [2.24, 2.45) is 4.99 Å². The molecule has 1 atom stereocenters. The maximum Gasteiger partial charge on any atom is 0.349 e. The minimum absolute atomic E-state index is 0.0303. The minimum Gasteiger partial charge on any atom is -0.491 e. The third-order valence-corrected chi connectivity index (χ3v) is 8.95. The quantitative estimate of drug-likeness (QED) is 0.0756. The number of carboxylic acids is 1. The molecular weight excluding hydrogens is 667 g/mol. The summed E-state index contributed by atoms with van der Waals surface area (Å²) in [5.41, 5.74) is 4.15. The molecule has 0 bridgehead atoms. The Morgan fingerprint density at radius 3 is 2.24 bits per heavy atom. The SMILES string of the molecule is C=C/C=C\C(=C/C)C(Oc1c(CCC)cc(Cc2c(CCCC)nc(C)n(C(=C)/N=C\C(=C/C)OCCS(C)(=O)=O)c2=O)cc1CCC)C(=O)O. The van der Waals surface area contributed by atoms with Crippen molar-refractivity contribution in [3.63, 3.8) is 0 Å². The summed E-state index contributed by atoms with van der Waals surface area (Å²) < 4.78 is 36.3. The van der Waals surface area contributed by atoms with Gasteiger partial charge in [-0.3, -0.25) is 4.79 Å². The lowest BCUT2D eigenvalue weighted by molar-refractivity contribution is -0.143. The van der Waals surface area contributed by atoms with Crippen LogP contribution in [0.15, 0.2) is 76.8 Å². The second-order valence-corrected chi connectivity index (χ2v) is 14.6. The van der Waals surface area contributed by atoms with Gasteiger partial charge < -0.3 is 14.6 Å². The van der Waals surface area contributed by atoms with Gasteiger partial charge in [0.25, 0.3) is 5.56 Å². The van der Waals surface area contributed by atoms with Crippen molar-refractivity contribution in [2.45, 2.75) is 99.0 Å². The van der Waals surface area contributed by atoms with Gasteiger partial charge in [0.2, 0.25) is 6.10 Å². The molecule has 10 nitrogen and oxygen atoms in total. The van der Waals surface area contributed by atoms with Gasteiger partial charge >= 0.3 is 5.97 Å². The Morgan fingerprint density at radius 2 is 1.73 bits per heavy atom. The number of aliphatic imine (C=N–C) groups is 1. The number of hydrogen-bond acceptors (Lipinski definition) is 8. The number of benzene rings is 1. The third-order valence-electron chi connectivity index (χ3n) is 8.05. The summed E-state index contributed by atoms with van der Waals surface area (Å²) in [6, 6.07) is 4.02. The normalized spacial score (nSPS) is 13.2. The molecular formula is C40H55N3O7S. The van der Waals surface area contributed by atoms with Crippen LogP contribution in [-0.4, -0.2) is 60.0 Å². The lowest BCUT2D eigenvalue weighted by Gasteiger charge is -2.23. The van der Waals surface area contributed by atoms with Crippen molar-refractivity contribution < 1.29 is 27.8 Å². The maximum absolute atomic E-state index is 14.3. The van der Waals surface area contributed by atoms with Crippen LogP contribution >= 0.6 is 0 Å².